The average Bonchev–Trinajstić information content (AvgIpc) is 3.12. The molecule has 0 aliphatic carbocycles. The third-order valence-corrected chi connectivity index (χ3v) is 3.71. The number of halogens is 4. The van der Waals surface area contributed by atoms with E-state index in [0.717, 1.165) is 24.3 Å². The Morgan fingerprint density at radius 1 is 1.22 bits per heavy atom. The minimum Gasteiger partial charge on any atom is -0.347 e. The second-order valence-electron chi connectivity index (χ2n) is 5.59. The summed E-state index contributed by atoms with van der Waals surface area (Å²) in [5.41, 5.74) is 1.04. The molecular weight excluding hydrogens is 364 g/mol. The maximum absolute atomic E-state index is 12.8. The predicted molar refractivity (Wildman–Crippen MR) is 90.4 cm³/mol. The van der Waals surface area contributed by atoms with Gasteiger partial charge >= 0.3 is 6.18 Å². The van der Waals surface area contributed by atoms with Crippen LogP contribution < -0.4 is 5.32 Å². The molecule has 27 heavy (non-hydrogen) atoms. The number of carbonyl (C=O) groups excluding carboxylic acids is 1. The summed E-state index contributed by atoms with van der Waals surface area (Å²) in [5, 5.41) is 2.56. The van der Waals surface area contributed by atoms with Gasteiger partial charge in [-0.05, 0) is 18.2 Å². The third kappa shape index (κ3) is 4.30. The number of hydrogen-bond acceptors (Lipinski definition) is 3. The lowest BCUT2D eigenvalue weighted by atomic mass is 10.1. The van der Waals surface area contributed by atoms with Gasteiger partial charge in [-0.2, -0.15) is 13.2 Å². The smallest absolute Gasteiger partial charge is 0.347 e. The van der Waals surface area contributed by atoms with Gasteiger partial charge < -0.3 is 9.72 Å². The number of carbonyl (C=O) groups is 1. The number of benzene rings is 1. The van der Waals surface area contributed by atoms with Crippen molar-refractivity contribution in [2.75, 3.05) is 6.67 Å². The zero-order valence-corrected chi connectivity index (χ0v) is 13.9. The molecule has 0 aliphatic heterocycles. The van der Waals surface area contributed by atoms with Crippen LogP contribution in [0.5, 0.6) is 0 Å². The van der Waals surface area contributed by atoms with Crippen molar-refractivity contribution in [2.24, 2.45) is 0 Å². The fourth-order valence-corrected chi connectivity index (χ4v) is 2.47. The van der Waals surface area contributed by atoms with Crippen molar-refractivity contribution in [2.45, 2.75) is 12.7 Å². The molecule has 3 aromatic rings. The molecule has 2 heterocycles. The summed E-state index contributed by atoms with van der Waals surface area (Å²) in [6.45, 7) is -0.679. The fraction of sp³-hybridized carbons (Fsp3) is 0.167. The van der Waals surface area contributed by atoms with Crippen LogP contribution in [0.3, 0.4) is 0 Å². The van der Waals surface area contributed by atoms with E-state index in [0.29, 0.717) is 22.6 Å². The minimum absolute atomic E-state index is 0.0667. The van der Waals surface area contributed by atoms with Crippen molar-refractivity contribution >= 4 is 11.6 Å². The van der Waals surface area contributed by atoms with E-state index in [1.165, 1.54) is 18.3 Å². The number of imidazole rings is 1. The highest BCUT2D eigenvalue weighted by Crippen LogP contribution is 2.31. The van der Waals surface area contributed by atoms with Crippen LogP contribution in [0.25, 0.3) is 16.9 Å². The van der Waals surface area contributed by atoms with Crippen LogP contribution in [0.4, 0.5) is 17.6 Å². The number of allylic oxidation sites excluding steroid dienone is 1. The second kappa shape index (κ2) is 7.56. The lowest BCUT2D eigenvalue weighted by Gasteiger charge is -2.10. The highest BCUT2D eigenvalue weighted by atomic mass is 19.4. The molecule has 0 spiro atoms. The zero-order valence-electron chi connectivity index (χ0n) is 13.9. The molecule has 5 nitrogen and oxygen atoms in total. The molecule has 0 fully saturated rings. The van der Waals surface area contributed by atoms with Gasteiger partial charge in [0.1, 0.15) is 12.4 Å². The molecule has 9 heteroatoms. The predicted octanol–water partition coefficient (Wildman–Crippen LogP) is 3.56. The molecule has 0 radical (unpaired) electrons. The van der Waals surface area contributed by atoms with Gasteiger partial charge in [0.05, 0.1) is 17.8 Å². The first-order valence-electron chi connectivity index (χ1n) is 7.89. The van der Waals surface area contributed by atoms with Gasteiger partial charge in [0.25, 0.3) is 0 Å². The molecule has 0 atom stereocenters. The summed E-state index contributed by atoms with van der Waals surface area (Å²) in [6.07, 6.45) is 2.58. The Morgan fingerprint density at radius 3 is 2.63 bits per heavy atom. The maximum atomic E-state index is 12.8. The van der Waals surface area contributed by atoms with Crippen LogP contribution >= 0.6 is 0 Å². The van der Waals surface area contributed by atoms with Crippen LogP contribution in [0.15, 0.2) is 55.0 Å². The fourth-order valence-electron chi connectivity index (χ4n) is 2.47. The van der Waals surface area contributed by atoms with Crippen molar-refractivity contribution in [3.63, 3.8) is 0 Å². The standard InChI is InChI=1S/C18H14F4N4O/c19-7-1-2-15(27)24-10-14-11-26-9-8-23-17(26)16(25-14)12-3-5-13(6-4-12)18(20,21)22/h1-6,8-9,11H,7,10H2,(H,24,27)/b2-1+. The van der Waals surface area contributed by atoms with Gasteiger partial charge in [0.15, 0.2) is 5.65 Å². The van der Waals surface area contributed by atoms with Crippen LogP contribution in [-0.4, -0.2) is 27.0 Å². The van der Waals surface area contributed by atoms with Gasteiger partial charge in [0.2, 0.25) is 5.91 Å². The van der Waals surface area contributed by atoms with E-state index in [9.17, 15) is 22.4 Å². The molecule has 0 saturated carbocycles. The topological polar surface area (TPSA) is 59.3 Å². The summed E-state index contributed by atoms with van der Waals surface area (Å²) in [5.74, 6) is -0.476. The van der Waals surface area contributed by atoms with Crippen molar-refractivity contribution in [3.05, 3.63) is 66.3 Å². The van der Waals surface area contributed by atoms with Crippen LogP contribution in [0, 0.1) is 0 Å². The number of fused-ring (bicyclic) bond motifs is 1. The number of aromatic nitrogens is 3. The van der Waals surface area contributed by atoms with E-state index in [-0.39, 0.29) is 6.54 Å². The molecule has 3 rings (SSSR count). The summed E-state index contributed by atoms with van der Waals surface area (Å²) >= 11 is 0. The van der Waals surface area contributed by atoms with E-state index in [1.54, 1.807) is 16.8 Å². The highest BCUT2D eigenvalue weighted by molar-refractivity contribution is 5.87. The quantitative estimate of drug-likeness (QED) is 0.546. The normalized spacial score (nSPS) is 12.0. The largest absolute Gasteiger partial charge is 0.416 e. The van der Waals surface area contributed by atoms with E-state index >= 15 is 0 Å². The molecule has 140 valence electrons. The van der Waals surface area contributed by atoms with Crippen molar-refractivity contribution in [3.8, 4) is 11.3 Å². The molecule has 1 aromatic carbocycles. The van der Waals surface area contributed by atoms with Crippen LogP contribution in [0.1, 0.15) is 11.3 Å². The average molecular weight is 378 g/mol. The lowest BCUT2D eigenvalue weighted by molar-refractivity contribution is -0.137. The number of nitrogens with one attached hydrogen (secondary N) is 1. The SMILES string of the molecule is O=C(/C=C/CF)NCc1cn2ccnc2c(-c2ccc(C(F)(F)F)cc2)n1. The first-order valence-corrected chi connectivity index (χ1v) is 7.89. The zero-order chi connectivity index (χ0) is 19.4. The molecule has 0 bridgehead atoms. The summed E-state index contributed by atoms with van der Waals surface area (Å²) in [4.78, 5) is 20.1. The third-order valence-electron chi connectivity index (χ3n) is 3.71. The molecular formula is C18H14F4N4O. The Bertz CT molecular complexity index is 977. The van der Waals surface area contributed by atoms with Gasteiger partial charge in [-0.15, -0.1) is 0 Å². The molecule has 1 amide bonds. The van der Waals surface area contributed by atoms with Crippen LogP contribution in [0.2, 0.25) is 0 Å². The van der Waals surface area contributed by atoms with E-state index < -0.39 is 24.3 Å². The number of nitrogens with zero attached hydrogens (tertiary/aromatic N) is 3. The Kier molecular flexibility index (Phi) is 5.20. The van der Waals surface area contributed by atoms with Gasteiger partial charge in [0, 0.05) is 30.2 Å². The first kappa shape index (κ1) is 18.6. The van der Waals surface area contributed by atoms with E-state index in [1.807, 2.05) is 0 Å². The summed E-state index contributed by atoms with van der Waals surface area (Å²) < 4.78 is 52.0. The lowest BCUT2D eigenvalue weighted by Crippen LogP contribution is -2.21. The Hall–Kier alpha value is -3.23. The molecule has 1 N–H and O–H groups in total. The second-order valence-corrected chi connectivity index (χ2v) is 5.59. The van der Waals surface area contributed by atoms with E-state index in [2.05, 4.69) is 15.3 Å². The maximum Gasteiger partial charge on any atom is 0.416 e. The number of alkyl halides is 4. The molecule has 2 aromatic heterocycles. The van der Waals surface area contributed by atoms with Gasteiger partial charge in [-0.25, -0.2) is 14.4 Å². The highest BCUT2D eigenvalue weighted by Gasteiger charge is 2.30. The molecule has 0 unspecified atom stereocenters. The van der Waals surface area contributed by atoms with Crippen LogP contribution in [-0.2, 0) is 17.5 Å². The van der Waals surface area contributed by atoms with Gasteiger partial charge in [-0.1, -0.05) is 12.1 Å². The monoisotopic (exact) mass is 378 g/mol. The number of hydrogen-bond donors (Lipinski definition) is 1. The molecule has 0 saturated heterocycles. The first-order chi connectivity index (χ1) is 12.9. The number of amides is 1. The van der Waals surface area contributed by atoms with Crippen molar-refractivity contribution in [1.29, 1.82) is 0 Å². The number of rotatable bonds is 5. The van der Waals surface area contributed by atoms with Crippen molar-refractivity contribution in [1.82, 2.24) is 19.7 Å². The van der Waals surface area contributed by atoms with Gasteiger partial charge in [-0.3, -0.25) is 4.79 Å². The Labute approximate surface area is 151 Å². The summed E-state index contributed by atoms with van der Waals surface area (Å²) in [7, 11) is 0. The Balaban J connectivity index is 1.92. The Morgan fingerprint density at radius 2 is 1.96 bits per heavy atom. The molecule has 0 aliphatic rings. The minimum atomic E-state index is -4.42. The van der Waals surface area contributed by atoms with Crippen molar-refractivity contribution < 1.29 is 22.4 Å². The van der Waals surface area contributed by atoms with E-state index in [4.69, 9.17) is 0 Å². The summed E-state index contributed by atoms with van der Waals surface area (Å²) in [6, 6.07) is 4.61.